The van der Waals surface area contributed by atoms with Gasteiger partial charge < -0.3 is 4.90 Å². The Bertz CT molecular complexity index is 214. The zero-order valence-electron chi connectivity index (χ0n) is 10.4. The number of hydrogen-bond donors (Lipinski definition) is 0. The van der Waals surface area contributed by atoms with E-state index in [1.807, 2.05) is 4.90 Å². The van der Waals surface area contributed by atoms with Crippen LogP contribution in [-0.4, -0.2) is 34.4 Å². The Hall–Kier alpha value is -0.180. The molecule has 0 aromatic carbocycles. The number of carbonyl (C=O) groups excluding carboxylic acids is 1. The summed E-state index contributed by atoms with van der Waals surface area (Å²) >= 11 is 1.74. The molecule has 1 saturated heterocycles. The molecule has 0 aromatic heterocycles. The van der Waals surface area contributed by atoms with Crippen LogP contribution >= 0.6 is 11.8 Å². The summed E-state index contributed by atoms with van der Waals surface area (Å²) in [7, 11) is 0. The summed E-state index contributed by atoms with van der Waals surface area (Å²) in [5.74, 6) is 1.75. The summed E-state index contributed by atoms with van der Waals surface area (Å²) in [5.41, 5.74) is 0. The molecular weight excluding hydrogens is 206 g/mol. The Morgan fingerprint density at radius 3 is 2.33 bits per heavy atom. The van der Waals surface area contributed by atoms with Gasteiger partial charge in [0, 0.05) is 17.8 Å². The fraction of sp³-hybridized carbons (Fsp3) is 0.917. The highest BCUT2D eigenvalue weighted by atomic mass is 32.2. The minimum atomic E-state index is 0.193. The van der Waals surface area contributed by atoms with Gasteiger partial charge in [0.2, 0.25) is 5.91 Å². The van der Waals surface area contributed by atoms with Gasteiger partial charge in [-0.15, -0.1) is 11.8 Å². The van der Waals surface area contributed by atoms with E-state index in [1.54, 1.807) is 11.8 Å². The van der Waals surface area contributed by atoms with Crippen LogP contribution in [0.3, 0.4) is 0 Å². The van der Waals surface area contributed by atoms with Crippen molar-refractivity contribution < 1.29 is 4.79 Å². The first-order valence-electron chi connectivity index (χ1n) is 5.80. The molecule has 0 bridgehead atoms. The second kappa shape index (κ2) is 5.24. The van der Waals surface area contributed by atoms with E-state index in [0.29, 0.717) is 11.7 Å². The van der Waals surface area contributed by atoms with Crippen molar-refractivity contribution in [2.24, 2.45) is 5.92 Å². The molecule has 88 valence electrons. The first kappa shape index (κ1) is 12.9. The third-order valence-corrected chi connectivity index (χ3v) is 4.02. The van der Waals surface area contributed by atoms with E-state index in [9.17, 15) is 4.79 Å². The van der Waals surface area contributed by atoms with Crippen LogP contribution < -0.4 is 0 Å². The number of rotatable bonds is 2. The van der Waals surface area contributed by atoms with Crippen LogP contribution in [0.2, 0.25) is 0 Å². The van der Waals surface area contributed by atoms with Gasteiger partial charge >= 0.3 is 0 Å². The molecule has 0 atom stereocenters. The van der Waals surface area contributed by atoms with Crippen molar-refractivity contribution in [1.82, 2.24) is 4.90 Å². The van der Waals surface area contributed by atoms with Crippen molar-refractivity contribution in [3.05, 3.63) is 0 Å². The minimum absolute atomic E-state index is 0.193. The predicted molar refractivity (Wildman–Crippen MR) is 67.2 cm³/mol. The summed E-state index contributed by atoms with van der Waals surface area (Å²) in [6.07, 6.45) is 2.35. The van der Waals surface area contributed by atoms with E-state index >= 15 is 0 Å². The van der Waals surface area contributed by atoms with Crippen LogP contribution in [0.4, 0.5) is 0 Å². The highest BCUT2D eigenvalue weighted by molar-refractivity contribution is 8.01. The number of hydrogen-bond acceptors (Lipinski definition) is 2. The minimum Gasteiger partial charge on any atom is -0.342 e. The Morgan fingerprint density at radius 2 is 1.87 bits per heavy atom. The van der Waals surface area contributed by atoms with E-state index in [1.165, 1.54) is 12.8 Å². The maximum Gasteiger partial charge on any atom is 0.232 e. The lowest BCUT2D eigenvalue weighted by molar-refractivity contribution is -0.129. The van der Waals surface area contributed by atoms with Crippen LogP contribution in [0, 0.1) is 5.92 Å². The molecule has 0 unspecified atom stereocenters. The van der Waals surface area contributed by atoms with Crippen molar-refractivity contribution in [2.45, 2.75) is 45.3 Å². The standard InChI is InChI=1S/C12H23NOS/c1-10-5-7-13(8-6-10)11(14)9-15-12(2,3)4/h10H,5-9H2,1-4H3. The third kappa shape index (κ3) is 4.92. The summed E-state index contributed by atoms with van der Waals surface area (Å²) < 4.78 is 0.193. The highest BCUT2D eigenvalue weighted by Gasteiger charge is 2.21. The van der Waals surface area contributed by atoms with Crippen molar-refractivity contribution in [2.75, 3.05) is 18.8 Å². The van der Waals surface area contributed by atoms with Gasteiger partial charge in [-0.3, -0.25) is 4.79 Å². The largest absolute Gasteiger partial charge is 0.342 e. The first-order chi connectivity index (χ1) is 6.88. The zero-order chi connectivity index (χ0) is 11.5. The molecule has 1 aliphatic rings. The third-order valence-electron chi connectivity index (χ3n) is 2.76. The van der Waals surface area contributed by atoms with Gasteiger partial charge in [-0.05, 0) is 18.8 Å². The first-order valence-corrected chi connectivity index (χ1v) is 6.79. The Balaban J connectivity index is 2.29. The monoisotopic (exact) mass is 229 g/mol. The summed E-state index contributed by atoms with van der Waals surface area (Å²) in [6.45, 7) is 10.7. The van der Waals surface area contributed by atoms with Gasteiger partial charge in [0.15, 0.2) is 0 Å². The number of likely N-dealkylation sites (tertiary alicyclic amines) is 1. The molecular formula is C12H23NOS. The van der Waals surface area contributed by atoms with E-state index in [0.717, 1.165) is 19.0 Å². The molecule has 1 heterocycles. The Labute approximate surface area is 97.8 Å². The van der Waals surface area contributed by atoms with Gasteiger partial charge in [-0.2, -0.15) is 0 Å². The number of piperidine rings is 1. The maximum atomic E-state index is 11.9. The SMILES string of the molecule is CC1CCN(C(=O)CSC(C)(C)C)CC1. The predicted octanol–water partition coefficient (Wildman–Crippen LogP) is 2.78. The average molecular weight is 229 g/mol. The second-order valence-corrected chi connectivity index (χ2v) is 7.27. The lowest BCUT2D eigenvalue weighted by Gasteiger charge is -2.31. The number of nitrogens with zero attached hydrogens (tertiary/aromatic N) is 1. The van der Waals surface area contributed by atoms with Gasteiger partial charge in [-0.25, -0.2) is 0 Å². The maximum absolute atomic E-state index is 11.9. The van der Waals surface area contributed by atoms with Crippen LogP contribution in [0.25, 0.3) is 0 Å². The summed E-state index contributed by atoms with van der Waals surface area (Å²) in [5, 5.41) is 0. The fourth-order valence-electron chi connectivity index (χ4n) is 1.63. The Kier molecular flexibility index (Phi) is 4.50. The molecule has 0 radical (unpaired) electrons. The lowest BCUT2D eigenvalue weighted by atomic mass is 9.99. The highest BCUT2D eigenvalue weighted by Crippen LogP contribution is 2.24. The normalized spacial score (nSPS) is 19.3. The number of amides is 1. The van der Waals surface area contributed by atoms with E-state index in [4.69, 9.17) is 0 Å². The molecule has 0 spiro atoms. The molecule has 1 rings (SSSR count). The van der Waals surface area contributed by atoms with E-state index in [-0.39, 0.29) is 4.75 Å². The van der Waals surface area contributed by atoms with Crippen molar-refractivity contribution in [3.63, 3.8) is 0 Å². The molecule has 0 N–H and O–H groups in total. The number of carbonyl (C=O) groups is 1. The van der Waals surface area contributed by atoms with Crippen molar-refractivity contribution in [1.29, 1.82) is 0 Å². The van der Waals surface area contributed by atoms with Gasteiger partial charge in [-0.1, -0.05) is 27.7 Å². The van der Waals surface area contributed by atoms with Gasteiger partial charge in [0.05, 0.1) is 5.75 Å². The summed E-state index contributed by atoms with van der Waals surface area (Å²) in [6, 6.07) is 0. The smallest absolute Gasteiger partial charge is 0.232 e. The molecule has 1 fully saturated rings. The van der Waals surface area contributed by atoms with Crippen molar-refractivity contribution >= 4 is 17.7 Å². The Morgan fingerprint density at radius 1 is 1.33 bits per heavy atom. The van der Waals surface area contributed by atoms with Crippen LogP contribution in [0.15, 0.2) is 0 Å². The second-order valence-electron chi connectivity index (χ2n) is 5.46. The average Bonchev–Trinajstić information content (AvgIpc) is 2.14. The van der Waals surface area contributed by atoms with Crippen LogP contribution in [0.1, 0.15) is 40.5 Å². The molecule has 1 aliphatic heterocycles. The topological polar surface area (TPSA) is 20.3 Å². The lowest BCUT2D eigenvalue weighted by Crippen LogP contribution is -2.39. The van der Waals surface area contributed by atoms with Crippen LogP contribution in [0.5, 0.6) is 0 Å². The van der Waals surface area contributed by atoms with Gasteiger partial charge in [0.25, 0.3) is 0 Å². The van der Waals surface area contributed by atoms with E-state index < -0.39 is 0 Å². The van der Waals surface area contributed by atoms with Crippen molar-refractivity contribution in [3.8, 4) is 0 Å². The molecule has 0 saturated carbocycles. The molecule has 15 heavy (non-hydrogen) atoms. The molecule has 0 aromatic rings. The molecule has 3 heteroatoms. The van der Waals surface area contributed by atoms with Crippen LogP contribution in [-0.2, 0) is 4.79 Å². The van der Waals surface area contributed by atoms with E-state index in [2.05, 4.69) is 27.7 Å². The number of thioether (sulfide) groups is 1. The molecule has 0 aliphatic carbocycles. The zero-order valence-corrected chi connectivity index (χ0v) is 11.2. The molecule has 1 amide bonds. The molecule has 2 nitrogen and oxygen atoms in total. The van der Waals surface area contributed by atoms with Gasteiger partial charge in [0.1, 0.15) is 0 Å². The quantitative estimate of drug-likeness (QED) is 0.725. The fourth-order valence-corrected chi connectivity index (χ4v) is 2.37. The summed E-state index contributed by atoms with van der Waals surface area (Å²) in [4.78, 5) is 13.9.